The average Bonchev–Trinajstić information content (AvgIpc) is 3.26. The van der Waals surface area contributed by atoms with E-state index in [0.717, 1.165) is 44.1 Å². The van der Waals surface area contributed by atoms with Gasteiger partial charge in [-0.25, -0.2) is 0 Å². The molecule has 216 valence electrons. The van der Waals surface area contributed by atoms with Crippen LogP contribution in [-0.2, 0) is 25.7 Å². The Bertz CT molecular complexity index is 1140. The molecular weight excluding hydrogens is 506 g/mol. The van der Waals surface area contributed by atoms with Crippen LogP contribution < -0.4 is 5.32 Å². The minimum Gasteiger partial charge on any atom is -0.391 e. The summed E-state index contributed by atoms with van der Waals surface area (Å²) >= 11 is 0. The van der Waals surface area contributed by atoms with Gasteiger partial charge in [-0.2, -0.15) is 0 Å². The lowest BCUT2D eigenvalue weighted by Crippen LogP contribution is -2.50. The summed E-state index contributed by atoms with van der Waals surface area (Å²) in [5.41, 5.74) is 0.113. The zero-order chi connectivity index (χ0) is 28.3. The van der Waals surface area contributed by atoms with Crippen LogP contribution >= 0.6 is 0 Å². The zero-order valence-electron chi connectivity index (χ0n) is 23.6. The van der Waals surface area contributed by atoms with Crippen molar-refractivity contribution in [1.82, 2.24) is 15.1 Å². The van der Waals surface area contributed by atoms with E-state index < -0.39 is 23.6 Å². The summed E-state index contributed by atoms with van der Waals surface area (Å²) in [6.07, 6.45) is 10.3. The lowest BCUT2D eigenvalue weighted by Gasteiger charge is -2.31. The van der Waals surface area contributed by atoms with Crippen LogP contribution in [0.1, 0.15) is 76.7 Å². The predicted octanol–water partition coefficient (Wildman–Crippen LogP) is 3.38. The molecule has 5 rings (SSSR count). The van der Waals surface area contributed by atoms with E-state index in [0.29, 0.717) is 25.9 Å². The third-order valence-electron chi connectivity index (χ3n) is 9.41. The molecule has 1 aromatic carbocycles. The number of rotatable bonds is 4. The van der Waals surface area contributed by atoms with Gasteiger partial charge in [0.05, 0.1) is 17.6 Å². The number of benzene rings is 1. The number of aliphatic hydroxyl groups excluding tert-OH is 1. The van der Waals surface area contributed by atoms with E-state index in [4.69, 9.17) is 0 Å². The molecule has 0 bridgehead atoms. The molecule has 3 fully saturated rings. The van der Waals surface area contributed by atoms with E-state index in [-0.39, 0.29) is 54.7 Å². The van der Waals surface area contributed by atoms with Crippen LogP contribution in [0.25, 0.3) is 0 Å². The number of amides is 3. The second-order valence-corrected chi connectivity index (χ2v) is 12.3. The number of hydrogen-bond donors (Lipinski definition) is 2. The first-order chi connectivity index (χ1) is 19.3. The first-order valence-electron chi connectivity index (χ1n) is 15.1. The van der Waals surface area contributed by atoms with Gasteiger partial charge in [0.1, 0.15) is 6.04 Å². The normalized spacial score (nSPS) is 33.9. The molecule has 0 spiro atoms. The molecular formula is C32H43N3O5. The molecule has 0 unspecified atom stereocenters. The van der Waals surface area contributed by atoms with Crippen molar-refractivity contribution >= 4 is 23.5 Å². The van der Waals surface area contributed by atoms with E-state index in [9.17, 15) is 24.3 Å². The highest BCUT2D eigenvalue weighted by atomic mass is 16.3. The van der Waals surface area contributed by atoms with Crippen molar-refractivity contribution in [3.8, 4) is 0 Å². The molecule has 1 aliphatic carbocycles. The minimum absolute atomic E-state index is 0.0330. The van der Waals surface area contributed by atoms with E-state index in [1.165, 1.54) is 0 Å². The Morgan fingerprint density at radius 3 is 2.67 bits per heavy atom. The highest BCUT2D eigenvalue weighted by Crippen LogP contribution is 2.58. The molecule has 1 aromatic rings. The van der Waals surface area contributed by atoms with Gasteiger partial charge in [0, 0.05) is 38.4 Å². The number of fused-ring (bicyclic) bond motifs is 2. The van der Waals surface area contributed by atoms with Gasteiger partial charge in [0.2, 0.25) is 17.7 Å². The molecule has 8 nitrogen and oxygen atoms in total. The maximum Gasteiger partial charge on any atom is 0.243 e. The van der Waals surface area contributed by atoms with Gasteiger partial charge >= 0.3 is 0 Å². The topological polar surface area (TPSA) is 107 Å². The molecule has 3 amide bonds. The number of ketones is 1. The number of likely N-dealkylation sites (tertiary alicyclic amines) is 1. The van der Waals surface area contributed by atoms with Gasteiger partial charge in [0.25, 0.3) is 0 Å². The monoisotopic (exact) mass is 549 g/mol. The third-order valence-corrected chi connectivity index (χ3v) is 9.41. The lowest BCUT2D eigenvalue weighted by atomic mass is 9.90. The molecule has 2 N–H and O–H groups in total. The summed E-state index contributed by atoms with van der Waals surface area (Å²) in [5, 5.41) is 13.4. The maximum absolute atomic E-state index is 14.2. The lowest BCUT2D eigenvalue weighted by molar-refractivity contribution is -0.146. The SMILES string of the molecule is C[C@H]1CCCCC/C=C\[C@@H]2C[C@@]2(C(=O)N2CCC[C@@H]2C(=O)NCc2ccccc2)CC(=O)[C@@H]2C[C@@H](O)CN2C1=O. The molecule has 0 aromatic heterocycles. The Morgan fingerprint density at radius 1 is 1.07 bits per heavy atom. The van der Waals surface area contributed by atoms with Crippen LogP contribution in [0.3, 0.4) is 0 Å². The molecule has 8 heteroatoms. The summed E-state index contributed by atoms with van der Waals surface area (Å²) in [4.78, 5) is 57.7. The van der Waals surface area contributed by atoms with Crippen LogP contribution in [0.5, 0.6) is 0 Å². The summed E-state index contributed by atoms with van der Waals surface area (Å²) < 4.78 is 0. The number of nitrogens with one attached hydrogen (secondary N) is 1. The fourth-order valence-electron chi connectivity index (χ4n) is 6.93. The Morgan fingerprint density at radius 2 is 1.88 bits per heavy atom. The van der Waals surface area contributed by atoms with Gasteiger partial charge in [-0.3, -0.25) is 19.2 Å². The van der Waals surface area contributed by atoms with Gasteiger partial charge in [-0.05, 0) is 50.0 Å². The predicted molar refractivity (Wildman–Crippen MR) is 151 cm³/mol. The largest absolute Gasteiger partial charge is 0.391 e. The first-order valence-corrected chi connectivity index (χ1v) is 15.1. The Hall–Kier alpha value is -3.00. The smallest absolute Gasteiger partial charge is 0.243 e. The number of carbonyl (C=O) groups is 4. The maximum atomic E-state index is 14.2. The third kappa shape index (κ3) is 6.02. The second kappa shape index (κ2) is 12.2. The van der Waals surface area contributed by atoms with Crippen LogP contribution in [0.15, 0.2) is 42.5 Å². The summed E-state index contributed by atoms with van der Waals surface area (Å²) in [6.45, 7) is 2.98. The number of carbonyl (C=O) groups excluding carboxylic acids is 4. The van der Waals surface area contributed by atoms with Crippen molar-refractivity contribution in [2.24, 2.45) is 17.3 Å². The fourth-order valence-corrected chi connectivity index (χ4v) is 6.93. The first kappa shape index (κ1) is 28.5. The van der Waals surface area contributed by atoms with E-state index in [2.05, 4.69) is 17.5 Å². The van der Waals surface area contributed by atoms with Crippen molar-refractivity contribution in [2.45, 2.75) is 95.9 Å². The summed E-state index contributed by atoms with van der Waals surface area (Å²) in [6, 6.07) is 8.45. The molecule has 4 aliphatic rings. The van der Waals surface area contributed by atoms with Crippen LogP contribution in [0, 0.1) is 17.3 Å². The molecule has 3 heterocycles. The molecule has 40 heavy (non-hydrogen) atoms. The number of hydrogen-bond acceptors (Lipinski definition) is 5. The second-order valence-electron chi connectivity index (χ2n) is 12.3. The Balaban J connectivity index is 1.34. The molecule has 6 atom stereocenters. The van der Waals surface area contributed by atoms with Crippen LogP contribution in [0.2, 0.25) is 0 Å². The van der Waals surface area contributed by atoms with E-state index in [1.54, 1.807) is 9.80 Å². The van der Waals surface area contributed by atoms with Gasteiger partial charge in [0.15, 0.2) is 5.78 Å². The Kier molecular flexibility index (Phi) is 8.74. The molecule has 0 radical (unpaired) electrons. The zero-order valence-corrected chi connectivity index (χ0v) is 23.6. The molecule has 3 aliphatic heterocycles. The average molecular weight is 550 g/mol. The fraction of sp³-hybridized carbons (Fsp3) is 0.625. The quantitative estimate of drug-likeness (QED) is 0.560. The van der Waals surface area contributed by atoms with Crippen molar-refractivity contribution in [2.75, 3.05) is 13.1 Å². The number of aliphatic hydroxyl groups is 1. The number of allylic oxidation sites excluding steroid dienone is 2. The van der Waals surface area contributed by atoms with Crippen molar-refractivity contribution in [1.29, 1.82) is 0 Å². The van der Waals surface area contributed by atoms with Crippen LogP contribution in [0.4, 0.5) is 0 Å². The highest BCUT2D eigenvalue weighted by molar-refractivity contribution is 5.98. The Labute approximate surface area is 237 Å². The molecule has 1 saturated carbocycles. The van der Waals surface area contributed by atoms with Gasteiger partial charge in [-0.15, -0.1) is 0 Å². The van der Waals surface area contributed by atoms with Crippen molar-refractivity contribution in [3.05, 3.63) is 48.0 Å². The minimum atomic E-state index is -0.885. The highest BCUT2D eigenvalue weighted by Gasteiger charge is 2.62. The number of Topliss-reactive ketones (excluding diaryl/α,β-unsaturated/α-hetero) is 1. The summed E-state index contributed by atoms with van der Waals surface area (Å²) in [7, 11) is 0. The molecule has 2 saturated heterocycles. The van der Waals surface area contributed by atoms with Gasteiger partial charge < -0.3 is 20.2 Å². The van der Waals surface area contributed by atoms with Crippen LogP contribution in [-0.4, -0.2) is 69.7 Å². The standard InChI is InChI=1S/C32H43N3O5/c1-22-11-6-3-2-4-9-14-24-18-32(24,19-28(37)27-17-25(36)21-35(27)30(22)39)31(40)34-16-10-15-26(34)29(38)33-20-23-12-7-5-8-13-23/h5,7-9,12-14,22,24-27,36H,2-4,6,10-11,15-21H2,1H3,(H,33,38)/b14-9-/t22-,24+,25+,26+,27-,32+/m0/s1. The summed E-state index contributed by atoms with van der Waals surface area (Å²) in [5.74, 6) is -0.776. The van der Waals surface area contributed by atoms with E-state index >= 15 is 0 Å². The van der Waals surface area contributed by atoms with E-state index in [1.807, 2.05) is 37.3 Å². The van der Waals surface area contributed by atoms with Crippen molar-refractivity contribution < 1.29 is 24.3 Å². The van der Waals surface area contributed by atoms with Crippen molar-refractivity contribution in [3.63, 3.8) is 0 Å². The number of nitrogens with zero attached hydrogens (tertiary/aromatic N) is 2. The van der Waals surface area contributed by atoms with Gasteiger partial charge in [-0.1, -0.05) is 62.2 Å².